The van der Waals surface area contributed by atoms with Crippen LogP contribution < -0.4 is 5.19 Å². The Bertz CT molecular complexity index is 1700. The molecule has 3 heterocycles. The van der Waals surface area contributed by atoms with Gasteiger partial charge in [-0.1, -0.05) is 76.8 Å². The third kappa shape index (κ3) is 6.67. The van der Waals surface area contributed by atoms with E-state index in [1.807, 2.05) is 66.2 Å². The van der Waals surface area contributed by atoms with Gasteiger partial charge < -0.3 is 9.97 Å². The van der Waals surface area contributed by atoms with Crippen LogP contribution in [0.15, 0.2) is 97.3 Å². The zero-order valence-electron chi connectivity index (χ0n) is 23.9. The Kier molecular flexibility index (Phi) is 9.21. The van der Waals surface area contributed by atoms with Gasteiger partial charge in [0.25, 0.3) is 0 Å². The average molecular weight is 735 g/mol. The molecule has 0 aliphatic rings. The minimum Gasteiger partial charge on any atom is -0.305 e. The number of pyridine rings is 2. The van der Waals surface area contributed by atoms with Crippen molar-refractivity contribution in [3.63, 3.8) is 0 Å². The maximum Gasteiger partial charge on any atom is 0.0795 e. The quantitative estimate of drug-likeness (QED) is 0.134. The van der Waals surface area contributed by atoms with Crippen molar-refractivity contribution in [2.45, 2.75) is 45.8 Å². The third-order valence-electron chi connectivity index (χ3n) is 6.79. The van der Waals surface area contributed by atoms with Gasteiger partial charge in [0.05, 0.1) is 8.07 Å². The van der Waals surface area contributed by atoms with E-state index in [4.69, 9.17) is 0 Å². The Morgan fingerprint density at radius 2 is 1.35 bits per heavy atom. The van der Waals surface area contributed by atoms with Crippen LogP contribution in [0.3, 0.4) is 0 Å². The molecule has 0 aliphatic heterocycles. The molecule has 2 nitrogen and oxygen atoms in total. The standard InChI is InChI=1S/C21H18NS.C14H16NSi.Ir/c1-21(2,3)17-11-7-10-15-16-13-22-18(12-19(16)23-20(15)17)14-8-5-4-6-9-14;1-16(2,3)13-9-10-14(15-11-13)12-7-5-4-6-8-12;/h4-8,10-13H,1-3H3;4-7,9-11H,1-3H3;/q2*-1;. The summed E-state index contributed by atoms with van der Waals surface area (Å²) in [6.45, 7) is 13.8. The van der Waals surface area contributed by atoms with Crippen LogP contribution in [0.4, 0.5) is 0 Å². The molecule has 0 saturated heterocycles. The van der Waals surface area contributed by atoms with Gasteiger partial charge in [0.2, 0.25) is 0 Å². The molecule has 0 saturated carbocycles. The summed E-state index contributed by atoms with van der Waals surface area (Å²) < 4.78 is 2.67. The van der Waals surface area contributed by atoms with Crippen LogP contribution in [0.5, 0.6) is 0 Å². The maximum absolute atomic E-state index is 4.67. The van der Waals surface area contributed by atoms with Gasteiger partial charge in [-0.05, 0) is 27.6 Å². The van der Waals surface area contributed by atoms with Crippen molar-refractivity contribution in [3.05, 3.63) is 115 Å². The number of thiophene rings is 1. The number of rotatable bonds is 3. The molecule has 5 heteroatoms. The van der Waals surface area contributed by atoms with Gasteiger partial charge in [-0.25, -0.2) is 0 Å². The molecule has 40 heavy (non-hydrogen) atoms. The molecule has 3 aromatic carbocycles. The van der Waals surface area contributed by atoms with Crippen molar-refractivity contribution in [2.24, 2.45) is 0 Å². The fourth-order valence-electron chi connectivity index (χ4n) is 4.53. The second-order valence-electron chi connectivity index (χ2n) is 11.8. The minimum atomic E-state index is -1.23. The van der Waals surface area contributed by atoms with Gasteiger partial charge in [0.1, 0.15) is 0 Å². The molecule has 6 rings (SSSR count). The normalized spacial score (nSPS) is 11.6. The van der Waals surface area contributed by atoms with Crippen molar-refractivity contribution in [1.29, 1.82) is 0 Å². The van der Waals surface area contributed by atoms with Crippen LogP contribution in [-0.4, -0.2) is 18.0 Å². The van der Waals surface area contributed by atoms with E-state index in [2.05, 4.69) is 105 Å². The summed E-state index contributed by atoms with van der Waals surface area (Å²) in [6.07, 6.45) is 4.03. The number of hydrogen-bond donors (Lipinski definition) is 0. The van der Waals surface area contributed by atoms with Crippen LogP contribution >= 0.6 is 11.3 Å². The third-order valence-corrected chi connectivity index (χ3v) is 10.0. The Hall–Kier alpha value is -2.95. The van der Waals surface area contributed by atoms with Gasteiger partial charge in [-0.3, -0.25) is 0 Å². The molecule has 0 atom stereocenters. The number of benzene rings is 3. The van der Waals surface area contributed by atoms with Gasteiger partial charge in [-0.2, -0.15) is 0 Å². The fourth-order valence-corrected chi connectivity index (χ4v) is 7.00. The van der Waals surface area contributed by atoms with E-state index in [0.717, 1.165) is 22.5 Å². The van der Waals surface area contributed by atoms with Crippen LogP contribution in [-0.2, 0) is 25.5 Å². The Balaban J connectivity index is 0.000000192. The van der Waals surface area contributed by atoms with Gasteiger partial charge in [0, 0.05) is 52.7 Å². The predicted molar refractivity (Wildman–Crippen MR) is 172 cm³/mol. The van der Waals surface area contributed by atoms with E-state index in [-0.39, 0.29) is 25.5 Å². The first kappa shape index (κ1) is 30.0. The number of nitrogens with zero attached hydrogens (tertiary/aromatic N) is 2. The average Bonchev–Trinajstić information content (AvgIpc) is 3.31. The van der Waals surface area contributed by atoms with Crippen molar-refractivity contribution in [2.75, 3.05) is 0 Å². The first-order valence-corrected chi connectivity index (χ1v) is 17.7. The van der Waals surface area contributed by atoms with Crippen LogP contribution in [0, 0.1) is 12.1 Å². The molecule has 0 aliphatic carbocycles. The summed E-state index contributed by atoms with van der Waals surface area (Å²) in [7, 11) is -1.23. The summed E-state index contributed by atoms with van der Waals surface area (Å²) >= 11 is 1.87. The van der Waals surface area contributed by atoms with Crippen molar-refractivity contribution in [3.8, 4) is 22.5 Å². The molecular weight excluding hydrogens is 701 g/mol. The second kappa shape index (κ2) is 12.3. The molecule has 1 radical (unpaired) electrons. The number of fused-ring (bicyclic) bond motifs is 3. The van der Waals surface area contributed by atoms with E-state index >= 15 is 0 Å². The van der Waals surface area contributed by atoms with Gasteiger partial charge >= 0.3 is 0 Å². The molecule has 0 unspecified atom stereocenters. The first-order valence-electron chi connectivity index (χ1n) is 13.3. The fraction of sp³-hybridized carbons (Fsp3) is 0.200. The number of hydrogen-bond acceptors (Lipinski definition) is 3. The largest absolute Gasteiger partial charge is 0.305 e. The van der Waals surface area contributed by atoms with Crippen molar-refractivity contribution >= 4 is 44.8 Å². The van der Waals surface area contributed by atoms with Gasteiger partial charge in [-0.15, -0.1) is 83.1 Å². The van der Waals surface area contributed by atoms with Crippen molar-refractivity contribution in [1.82, 2.24) is 9.97 Å². The maximum atomic E-state index is 4.67. The Morgan fingerprint density at radius 3 is 1.90 bits per heavy atom. The van der Waals surface area contributed by atoms with Crippen LogP contribution in [0.1, 0.15) is 26.3 Å². The van der Waals surface area contributed by atoms with E-state index in [9.17, 15) is 0 Å². The summed E-state index contributed by atoms with van der Waals surface area (Å²) in [6, 6.07) is 35.5. The molecule has 6 aromatic rings. The summed E-state index contributed by atoms with van der Waals surface area (Å²) in [5.74, 6) is 0. The van der Waals surface area contributed by atoms with Crippen LogP contribution in [0.25, 0.3) is 42.7 Å². The Labute approximate surface area is 256 Å². The molecule has 0 fully saturated rings. The zero-order chi connectivity index (χ0) is 27.6. The zero-order valence-corrected chi connectivity index (χ0v) is 28.1. The topological polar surface area (TPSA) is 25.8 Å². The van der Waals surface area contributed by atoms with Crippen molar-refractivity contribution < 1.29 is 20.1 Å². The summed E-state index contributed by atoms with van der Waals surface area (Å²) in [5.41, 5.74) is 5.64. The van der Waals surface area contributed by atoms with E-state index < -0.39 is 8.07 Å². The minimum absolute atomic E-state index is 0. The first-order chi connectivity index (χ1) is 18.6. The van der Waals surface area contributed by atoms with Gasteiger partial charge in [0.15, 0.2) is 0 Å². The molecule has 3 aromatic heterocycles. The summed E-state index contributed by atoms with van der Waals surface area (Å²) in [4.78, 5) is 9.19. The number of aromatic nitrogens is 2. The van der Waals surface area contributed by atoms with E-state index in [1.54, 1.807) is 0 Å². The monoisotopic (exact) mass is 735 g/mol. The molecular formula is C35H34IrN2SSi-2. The molecule has 205 valence electrons. The molecule has 0 amide bonds. The second-order valence-corrected chi connectivity index (χ2v) is 18.0. The Morgan fingerprint density at radius 1 is 0.700 bits per heavy atom. The molecule has 0 spiro atoms. The van der Waals surface area contributed by atoms with E-state index in [1.165, 1.54) is 30.9 Å². The van der Waals surface area contributed by atoms with E-state index in [0.29, 0.717) is 0 Å². The molecule has 0 N–H and O–H groups in total. The summed E-state index contributed by atoms with van der Waals surface area (Å²) in [5, 5.41) is 3.96. The predicted octanol–water partition coefficient (Wildman–Crippen LogP) is 9.31. The van der Waals surface area contributed by atoms with Crippen LogP contribution in [0.2, 0.25) is 19.6 Å². The molecule has 0 bridgehead atoms. The SMILES string of the molecule is CC(C)(C)c1cccc2c1sc1cc(-c3[c-]cccc3)ncc12.C[Si](C)(C)c1ccc(-c2[c-]cccc2)nc1.[Ir]. The smallest absolute Gasteiger partial charge is 0.0795 e.